The SMILES string of the molecule is O.O=C(O)c1cccc(Cl)c1Cc1cccc(N(c2ccccc2)c2cc(-c3ccccc3)c3oc4ccccc4c3c2)c1.O=C(O)c1cccc(Cl)c1I.O=S(=O)(O)O.O=c1c2cc(N(c3ccccc3)c3cc(-c4ccccc4)c4oc5ccccc5c4c3)ccc2sc2c(Cl)cccc12.Sc1cccc(N(c2ccccc2)c2cc(-c3ccccc3)c3oc4ccccc4c3c2)c1. The smallest absolute Gasteiger partial charge is 0.394 e. The van der Waals surface area contributed by atoms with Gasteiger partial charge in [-0.2, -0.15) is 8.42 Å². The van der Waals surface area contributed by atoms with Crippen molar-refractivity contribution in [1.29, 1.82) is 0 Å². The van der Waals surface area contributed by atoms with E-state index in [2.05, 4.69) is 215 Å². The summed E-state index contributed by atoms with van der Waals surface area (Å²) in [5, 5.41) is 27.7. The minimum absolute atomic E-state index is 0. The third-order valence-electron chi connectivity index (χ3n) is 22.5. The highest BCUT2D eigenvalue weighted by molar-refractivity contribution is 14.1. The second kappa shape index (κ2) is 40.8. The van der Waals surface area contributed by atoms with Crippen LogP contribution in [-0.4, -0.2) is 45.2 Å². The van der Waals surface area contributed by atoms with E-state index in [0.29, 0.717) is 41.4 Å². The molecular weight excluding hydrogens is 1920 g/mol. The molecule has 4 aromatic heterocycles. The van der Waals surface area contributed by atoms with Gasteiger partial charge in [-0.1, -0.05) is 271 Å². The third-order valence-corrected chi connectivity index (χ3v) is 26.6. The van der Waals surface area contributed by atoms with Crippen molar-refractivity contribution < 1.29 is 56.1 Å². The van der Waals surface area contributed by atoms with Crippen molar-refractivity contribution in [2.24, 2.45) is 0 Å². The van der Waals surface area contributed by atoms with Gasteiger partial charge in [0, 0.05) is 129 Å². The minimum Gasteiger partial charge on any atom is -0.478 e. The molecule has 4 heterocycles. The summed E-state index contributed by atoms with van der Waals surface area (Å²) >= 11 is 26.7. The van der Waals surface area contributed by atoms with Gasteiger partial charge in [0.2, 0.25) is 0 Å². The number of halogens is 4. The summed E-state index contributed by atoms with van der Waals surface area (Å²) in [6, 6.07) is 137. The Hall–Kier alpha value is -14.6. The van der Waals surface area contributed by atoms with Crippen LogP contribution in [0.15, 0.2) is 435 Å². The first-order valence-corrected chi connectivity index (χ1v) is 47.0. The number of anilines is 9. The number of rotatable bonds is 16. The van der Waals surface area contributed by atoms with Gasteiger partial charge in [0.1, 0.15) is 33.5 Å². The van der Waals surface area contributed by atoms with E-state index in [9.17, 15) is 19.5 Å². The van der Waals surface area contributed by atoms with E-state index in [0.717, 1.165) is 170 Å². The molecule has 0 atom stereocenters. The number of fused-ring (bicyclic) bond motifs is 11. The Kier molecular flexibility index (Phi) is 27.9. The molecule has 0 radical (unpaired) electrons. The van der Waals surface area contributed by atoms with E-state index < -0.39 is 22.3 Å². The second-order valence-electron chi connectivity index (χ2n) is 31.0. The normalized spacial score (nSPS) is 11.1. The largest absolute Gasteiger partial charge is 0.478 e. The van der Waals surface area contributed by atoms with Crippen LogP contribution in [0.25, 0.3) is 119 Å². The van der Waals surface area contributed by atoms with Crippen molar-refractivity contribution in [3.63, 3.8) is 0 Å². The Morgan fingerprint density at radius 2 is 0.674 bits per heavy atom. The Bertz CT molecular complexity index is 8340. The first-order chi connectivity index (χ1) is 65.1. The predicted octanol–water partition coefficient (Wildman–Crippen LogP) is 31.9. The maximum atomic E-state index is 13.7. The molecule has 18 aromatic carbocycles. The zero-order valence-electron chi connectivity index (χ0n) is 71.1. The highest BCUT2D eigenvalue weighted by atomic mass is 127. The average molecular weight is 2000 g/mol. The number of carboxylic acids is 2. The topological polar surface area (TPSA) is 247 Å². The first-order valence-electron chi connectivity index (χ1n) is 42.1. The van der Waals surface area contributed by atoms with Crippen molar-refractivity contribution >= 4 is 241 Å². The Labute approximate surface area is 813 Å². The third kappa shape index (κ3) is 20.2. The number of carboxylic acid groups (broad SMARTS) is 2. The van der Waals surface area contributed by atoms with E-state index in [1.807, 2.05) is 211 Å². The standard InChI is InChI=1S/C38H26ClNO3.C37H22ClNO2S.C30H21NOS.C7H4ClIO2.H2O4S.H2O/c39-35-19-10-18-31(38(41)42)33(35)22-25-11-9-16-28(21-25)40(27-14-5-2-6-15-27)29-23-32(26-12-3-1-4-13-26)37-34(24-29)30-17-7-8-20-36(30)43-37;38-32-16-9-15-28-35(40)31-20-25(18-19-34(31)42-37(28)32)39(24-12-5-2-6-13-24)26-21-29(23-10-3-1-4-11-23)36-30(22-26)27-14-7-8-17-33(27)41-36;33-25-15-9-14-23(18-25)31(22-12-5-2-6-13-22)24-19-27(21-10-3-1-4-11-21)30-28(20-24)26-16-7-8-17-29(26)32-30;8-5-3-1-2-4(6(5)9)7(10)11;1-5(2,3)4;/h1-21,23-24H,22H2,(H,41,42);1-22H;1-20,33H;1-3H,(H,10,11);(H2,1,2,3,4);1H2. The molecule has 0 aliphatic rings. The summed E-state index contributed by atoms with van der Waals surface area (Å²) < 4.78 is 53.1. The lowest BCUT2D eigenvalue weighted by Crippen LogP contribution is -2.11. The highest BCUT2D eigenvalue weighted by Gasteiger charge is 2.26. The lowest BCUT2D eigenvalue weighted by atomic mass is 9.98. The van der Waals surface area contributed by atoms with Crippen LogP contribution < -0.4 is 20.1 Å². The van der Waals surface area contributed by atoms with E-state index in [1.165, 1.54) is 6.07 Å². The lowest BCUT2D eigenvalue weighted by Gasteiger charge is -2.27. The van der Waals surface area contributed by atoms with Gasteiger partial charge < -0.3 is 43.6 Å². The summed E-state index contributed by atoms with van der Waals surface area (Å²) in [7, 11) is -4.67. The van der Waals surface area contributed by atoms with Gasteiger partial charge in [-0.05, 0) is 233 Å². The van der Waals surface area contributed by atoms with Crippen LogP contribution >= 0.6 is 81.4 Å². The molecule has 23 heteroatoms. The van der Waals surface area contributed by atoms with Gasteiger partial charge in [-0.15, -0.1) is 24.0 Å². The van der Waals surface area contributed by atoms with Crippen molar-refractivity contribution in [3.8, 4) is 33.4 Å². The molecule has 0 saturated carbocycles. The molecule has 0 bridgehead atoms. The van der Waals surface area contributed by atoms with Crippen LogP contribution in [-0.2, 0) is 16.8 Å². The molecule has 6 N–H and O–H groups in total. The molecule has 22 aromatic rings. The second-order valence-corrected chi connectivity index (χ2v) is 35.8. The fourth-order valence-electron chi connectivity index (χ4n) is 16.6. The molecule has 0 aliphatic carbocycles. The van der Waals surface area contributed by atoms with Gasteiger partial charge in [-0.25, -0.2) is 9.59 Å². The highest BCUT2D eigenvalue weighted by Crippen LogP contribution is 2.49. The van der Waals surface area contributed by atoms with Crippen molar-refractivity contribution in [2.45, 2.75) is 11.3 Å². The van der Waals surface area contributed by atoms with Crippen LogP contribution in [0.2, 0.25) is 15.1 Å². The molecule has 0 amide bonds. The monoisotopic (exact) mass is 2000 g/mol. The molecule has 135 heavy (non-hydrogen) atoms. The maximum absolute atomic E-state index is 13.7. The number of nitrogens with zero attached hydrogens (tertiary/aromatic N) is 3. The van der Waals surface area contributed by atoms with Gasteiger partial charge in [0.05, 0.1) is 25.9 Å². The van der Waals surface area contributed by atoms with Crippen LogP contribution in [0, 0.1) is 3.57 Å². The molecule has 16 nitrogen and oxygen atoms in total. The molecule has 0 spiro atoms. The Balaban J connectivity index is 0.000000130. The number of carbonyl (C=O) groups is 2. The molecule has 0 aliphatic heterocycles. The van der Waals surface area contributed by atoms with E-state index in [-0.39, 0.29) is 22.0 Å². The number of benzene rings is 18. The Morgan fingerprint density at radius 1 is 0.341 bits per heavy atom. The summed E-state index contributed by atoms with van der Waals surface area (Å²) in [5.41, 5.74) is 22.5. The quantitative estimate of drug-likeness (QED) is 0.0261. The van der Waals surface area contributed by atoms with Crippen LogP contribution in [0.5, 0.6) is 0 Å². The molecular formula is C112H77Cl3IN3O13S3. The lowest BCUT2D eigenvalue weighted by molar-refractivity contribution is 0.0685. The zero-order chi connectivity index (χ0) is 92.7. The molecule has 22 rings (SSSR count). The number of aromatic carboxylic acids is 2. The van der Waals surface area contributed by atoms with Crippen molar-refractivity contribution in [2.75, 3.05) is 14.7 Å². The average Bonchev–Trinajstić information content (AvgIpc) is 1.68. The number of para-hydroxylation sites is 6. The summed E-state index contributed by atoms with van der Waals surface area (Å²) in [5.74, 6) is -1.94. The van der Waals surface area contributed by atoms with Gasteiger partial charge >= 0.3 is 22.3 Å². The van der Waals surface area contributed by atoms with Crippen LogP contribution in [0.4, 0.5) is 51.2 Å². The van der Waals surface area contributed by atoms with Crippen molar-refractivity contribution in [3.05, 3.63) is 464 Å². The van der Waals surface area contributed by atoms with E-state index >= 15 is 0 Å². The molecule has 0 fully saturated rings. The first kappa shape index (κ1) is 92.2. The zero-order valence-corrected chi connectivity index (χ0v) is 78.1. The number of hydrogen-bond acceptors (Lipinski definition) is 13. The number of thiol groups is 1. The molecule has 664 valence electrons. The van der Waals surface area contributed by atoms with E-state index in [4.69, 9.17) is 70.7 Å². The van der Waals surface area contributed by atoms with E-state index in [1.54, 1.807) is 41.7 Å². The Morgan fingerprint density at radius 3 is 1.09 bits per heavy atom. The predicted molar refractivity (Wildman–Crippen MR) is 563 cm³/mol. The van der Waals surface area contributed by atoms with Crippen molar-refractivity contribution in [1.82, 2.24) is 0 Å². The summed E-state index contributed by atoms with van der Waals surface area (Å²) in [6.07, 6.45) is 0.387. The maximum Gasteiger partial charge on any atom is 0.394 e. The number of hydrogen-bond donors (Lipinski definition) is 5. The fourth-order valence-corrected chi connectivity index (χ4v) is 19.2. The van der Waals surface area contributed by atoms with Crippen LogP contribution in [0.1, 0.15) is 31.8 Å². The van der Waals surface area contributed by atoms with Gasteiger partial charge in [-0.3, -0.25) is 13.9 Å². The number of furan rings is 3. The van der Waals surface area contributed by atoms with Gasteiger partial charge in [0.15, 0.2) is 5.43 Å². The minimum atomic E-state index is -4.67. The summed E-state index contributed by atoms with van der Waals surface area (Å²) in [6.45, 7) is 0. The summed E-state index contributed by atoms with van der Waals surface area (Å²) in [4.78, 5) is 43.8. The molecule has 0 unspecified atom stereocenters. The fraction of sp³-hybridized carbons (Fsp3) is 0.00893. The molecule has 0 saturated heterocycles. The van der Waals surface area contributed by atoms with Crippen LogP contribution in [0.3, 0.4) is 0 Å². The van der Waals surface area contributed by atoms with Gasteiger partial charge in [0.25, 0.3) is 0 Å².